The number of nitrogens with one attached hydrogen (secondary N) is 1. The molecule has 3 rings (SSSR count). The van der Waals surface area contributed by atoms with Gasteiger partial charge >= 0.3 is 6.03 Å². The van der Waals surface area contributed by atoms with Crippen molar-refractivity contribution >= 4 is 11.7 Å². The van der Waals surface area contributed by atoms with Gasteiger partial charge in [-0.25, -0.2) is 4.79 Å². The minimum Gasteiger partial charge on any atom is -0.495 e. The van der Waals surface area contributed by atoms with E-state index in [1.807, 2.05) is 30.0 Å². The fourth-order valence-electron chi connectivity index (χ4n) is 3.67. The minimum absolute atomic E-state index is 0.0278. The number of piperazine rings is 1. The second kappa shape index (κ2) is 7.21. The Labute approximate surface area is 138 Å². The van der Waals surface area contributed by atoms with Gasteiger partial charge in [0.15, 0.2) is 0 Å². The van der Waals surface area contributed by atoms with E-state index in [1.54, 1.807) is 7.11 Å². The monoisotopic (exact) mass is 317 g/mol. The summed E-state index contributed by atoms with van der Waals surface area (Å²) in [6.07, 6.45) is 5.37. The van der Waals surface area contributed by atoms with Gasteiger partial charge in [-0.05, 0) is 37.5 Å². The first-order valence-electron chi connectivity index (χ1n) is 8.62. The third kappa shape index (κ3) is 3.78. The number of urea groups is 1. The number of aryl methyl sites for hydroxylation is 1. The Kier molecular flexibility index (Phi) is 5.06. The van der Waals surface area contributed by atoms with E-state index in [2.05, 4.69) is 10.2 Å². The van der Waals surface area contributed by atoms with Crippen LogP contribution in [-0.2, 0) is 0 Å². The highest BCUT2D eigenvalue weighted by atomic mass is 16.5. The van der Waals surface area contributed by atoms with E-state index in [1.165, 1.54) is 25.7 Å². The largest absolute Gasteiger partial charge is 0.495 e. The molecule has 0 bridgehead atoms. The number of ether oxygens (including phenoxy) is 1. The number of hydrogen-bond donors (Lipinski definition) is 1. The third-order valence-electron chi connectivity index (χ3n) is 5.04. The van der Waals surface area contributed by atoms with Crippen LogP contribution in [0.1, 0.15) is 31.2 Å². The molecule has 2 fully saturated rings. The summed E-state index contributed by atoms with van der Waals surface area (Å²) in [4.78, 5) is 17.0. The predicted molar refractivity (Wildman–Crippen MR) is 92.2 cm³/mol. The minimum atomic E-state index is -0.0278. The highest BCUT2D eigenvalue weighted by Crippen LogP contribution is 2.26. The summed E-state index contributed by atoms with van der Waals surface area (Å²) >= 11 is 0. The van der Waals surface area contributed by atoms with Gasteiger partial charge in [0.2, 0.25) is 0 Å². The standard InChI is InChI=1S/C18H27N3O2/c1-14-7-8-17(23-2)16(13-14)19-18(22)21-11-9-20(10-12-21)15-5-3-4-6-15/h7-8,13,15H,3-6,9-12H2,1-2H3,(H,19,22). The van der Waals surface area contributed by atoms with Gasteiger partial charge in [-0.3, -0.25) is 4.90 Å². The van der Waals surface area contributed by atoms with E-state index < -0.39 is 0 Å². The fraction of sp³-hybridized carbons (Fsp3) is 0.611. The second-order valence-electron chi connectivity index (χ2n) is 6.60. The van der Waals surface area contributed by atoms with Crippen LogP contribution in [-0.4, -0.2) is 55.2 Å². The van der Waals surface area contributed by atoms with Crippen molar-refractivity contribution < 1.29 is 9.53 Å². The quantitative estimate of drug-likeness (QED) is 0.932. The van der Waals surface area contributed by atoms with E-state index in [0.29, 0.717) is 5.75 Å². The molecule has 1 aromatic rings. The maximum Gasteiger partial charge on any atom is 0.322 e. The zero-order valence-electron chi connectivity index (χ0n) is 14.2. The highest BCUT2D eigenvalue weighted by Gasteiger charge is 2.28. The van der Waals surface area contributed by atoms with Crippen molar-refractivity contribution in [3.63, 3.8) is 0 Å². The number of nitrogens with zero attached hydrogens (tertiary/aromatic N) is 2. The molecule has 126 valence electrons. The molecule has 0 spiro atoms. The number of hydrogen-bond acceptors (Lipinski definition) is 3. The van der Waals surface area contributed by atoms with Gasteiger partial charge < -0.3 is 15.0 Å². The summed E-state index contributed by atoms with van der Waals surface area (Å²) in [7, 11) is 1.63. The topological polar surface area (TPSA) is 44.8 Å². The molecule has 5 nitrogen and oxygen atoms in total. The first-order chi connectivity index (χ1) is 11.2. The number of carbonyl (C=O) groups excluding carboxylic acids is 1. The van der Waals surface area contributed by atoms with Crippen LogP contribution in [0.2, 0.25) is 0 Å². The molecule has 1 heterocycles. The summed E-state index contributed by atoms with van der Waals surface area (Å²) in [6, 6.07) is 6.54. The van der Waals surface area contributed by atoms with Gasteiger partial charge in [0.1, 0.15) is 5.75 Å². The third-order valence-corrected chi connectivity index (χ3v) is 5.04. The molecule has 0 atom stereocenters. The number of rotatable bonds is 3. The van der Waals surface area contributed by atoms with Crippen molar-refractivity contribution in [3.8, 4) is 5.75 Å². The maximum absolute atomic E-state index is 12.5. The smallest absolute Gasteiger partial charge is 0.322 e. The summed E-state index contributed by atoms with van der Waals surface area (Å²) < 4.78 is 5.33. The SMILES string of the molecule is COc1ccc(C)cc1NC(=O)N1CCN(C2CCCC2)CC1. The summed E-state index contributed by atoms with van der Waals surface area (Å²) in [5.41, 5.74) is 1.85. The van der Waals surface area contributed by atoms with E-state index in [9.17, 15) is 4.79 Å². The first kappa shape index (κ1) is 16.1. The maximum atomic E-state index is 12.5. The van der Waals surface area contributed by atoms with Crippen LogP contribution in [0.15, 0.2) is 18.2 Å². The lowest BCUT2D eigenvalue weighted by Gasteiger charge is -2.38. The van der Waals surface area contributed by atoms with Gasteiger partial charge in [-0.2, -0.15) is 0 Å². The number of amides is 2. The zero-order valence-corrected chi connectivity index (χ0v) is 14.2. The van der Waals surface area contributed by atoms with Gasteiger partial charge in [-0.1, -0.05) is 18.9 Å². The molecular formula is C18H27N3O2. The van der Waals surface area contributed by atoms with Crippen molar-refractivity contribution in [3.05, 3.63) is 23.8 Å². The Hall–Kier alpha value is -1.75. The highest BCUT2D eigenvalue weighted by molar-refractivity contribution is 5.91. The lowest BCUT2D eigenvalue weighted by Crippen LogP contribution is -2.52. The number of benzene rings is 1. The van der Waals surface area contributed by atoms with Crippen molar-refractivity contribution in [1.29, 1.82) is 0 Å². The molecule has 1 aromatic carbocycles. The summed E-state index contributed by atoms with van der Waals surface area (Å²) in [5, 5.41) is 3.00. The zero-order chi connectivity index (χ0) is 16.2. The Morgan fingerprint density at radius 1 is 1.17 bits per heavy atom. The lowest BCUT2D eigenvalue weighted by atomic mass is 10.2. The number of methoxy groups -OCH3 is 1. The van der Waals surface area contributed by atoms with E-state index in [0.717, 1.165) is 43.5 Å². The van der Waals surface area contributed by atoms with Gasteiger partial charge in [0.05, 0.1) is 12.8 Å². The molecule has 1 N–H and O–H groups in total. The van der Waals surface area contributed by atoms with Crippen LogP contribution in [0.25, 0.3) is 0 Å². The summed E-state index contributed by atoms with van der Waals surface area (Å²) in [6.45, 7) is 5.59. The van der Waals surface area contributed by atoms with Crippen LogP contribution in [0.4, 0.5) is 10.5 Å². The lowest BCUT2D eigenvalue weighted by molar-refractivity contribution is 0.115. The molecule has 0 aromatic heterocycles. The van der Waals surface area contributed by atoms with Crippen molar-refractivity contribution in [2.45, 2.75) is 38.6 Å². The van der Waals surface area contributed by atoms with Gasteiger partial charge in [-0.15, -0.1) is 0 Å². The molecule has 0 unspecified atom stereocenters. The van der Waals surface area contributed by atoms with Crippen LogP contribution in [0, 0.1) is 6.92 Å². The molecule has 1 aliphatic carbocycles. The molecule has 1 aliphatic heterocycles. The van der Waals surface area contributed by atoms with Crippen molar-refractivity contribution in [1.82, 2.24) is 9.80 Å². The average Bonchev–Trinajstić information content (AvgIpc) is 3.10. The number of carbonyl (C=O) groups is 1. The molecule has 2 amide bonds. The van der Waals surface area contributed by atoms with Crippen LogP contribution >= 0.6 is 0 Å². The van der Waals surface area contributed by atoms with Gasteiger partial charge in [0, 0.05) is 32.2 Å². The Balaban J connectivity index is 1.56. The normalized spacial score (nSPS) is 19.8. The predicted octanol–water partition coefficient (Wildman–Crippen LogP) is 3.10. The number of anilines is 1. The molecule has 2 aliphatic rings. The molecule has 1 saturated heterocycles. The van der Waals surface area contributed by atoms with E-state index in [-0.39, 0.29) is 6.03 Å². The second-order valence-corrected chi connectivity index (χ2v) is 6.60. The van der Waals surface area contributed by atoms with E-state index in [4.69, 9.17) is 4.74 Å². The van der Waals surface area contributed by atoms with Crippen molar-refractivity contribution in [2.24, 2.45) is 0 Å². The molecular weight excluding hydrogens is 290 g/mol. The van der Waals surface area contributed by atoms with Crippen molar-refractivity contribution in [2.75, 3.05) is 38.6 Å². The molecule has 23 heavy (non-hydrogen) atoms. The van der Waals surface area contributed by atoms with Gasteiger partial charge in [0.25, 0.3) is 0 Å². The molecule has 0 radical (unpaired) electrons. The molecule has 1 saturated carbocycles. The molecule has 5 heteroatoms. The van der Waals surface area contributed by atoms with Crippen LogP contribution < -0.4 is 10.1 Å². The first-order valence-corrected chi connectivity index (χ1v) is 8.62. The average molecular weight is 317 g/mol. The van der Waals surface area contributed by atoms with Crippen LogP contribution in [0.3, 0.4) is 0 Å². The fourth-order valence-corrected chi connectivity index (χ4v) is 3.67. The Morgan fingerprint density at radius 3 is 2.52 bits per heavy atom. The Bertz CT molecular complexity index is 547. The van der Waals surface area contributed by atoms with E-state index >= 15 is 0 Å². The summed E-state index contributed by atoms with van der Waals surface area (Å²) in [5.74, 6) is 0.702. The Morgan fingerprint density at radius 2 is 1.87 bits per heavy atom. The van der Waals surface area contributed by atoms with Crippen LogP contribution in [0.5, 0.6) is 5.75 Å².